The molecule has 2 aromatic carbocycles. The number of ether oxygens (including phenoxy) is 2. The first-order chi connectivity index (χ1) is 17.8. The summed E-state index contributed by atoms with van der Waals surface area (Å²) in [5, 5.41) is 10.9. The normalized spacial score (nSPS) is 16.8. The number of nitrogens with zero attached hydrogens (tertiary/aromatic N) is 4. The number of fused-ring (bicyclic) bond motifs is 1. The standard InChI is InChI=1S/C29H29N5O2/c30-19-24-16-22(4-5-23(24)20-33-8-12-35-13-9-33)29-26-18-28(32-27(26)6-7-31-29)21-2-1-3-25(17-21)34-10-14-36-15-11-34/h1-7,16-18,32H,8-15,20H2. The first kappa shape index (κ1) is 22.7. The highest BCUT2D eigenvalue weighted by atomic mass is 16.5. The number of rotatable bonds is 5. The zero-order valence-electron chi connectivity index (χ0n) is 20.2. The van der Waals surface area contributed by atoms with Gasteiger partial charge in [-0.25, -0.2) is 0 Å². The van der Waals surface area contributed by atoms with Gasteiger partial charge >= 0.3 is 0 Å². The summed E-state index contributed by atoms with van der Waals surface area (Å²) in [6.07, 6.45) is 1.83. The number of nitrogens with one attached hydrogen (secondary N) is 1. The lowest BCUT2D eigenvalue weighted by Gasteiger charge is -2.29. The molecule has 0 saturated carbocycles. The highest BCUT2D eigenvalue weighted by Gasteiger charge is 2.16. The van der Waals surface area contributed by atoms with Gasteiger partial charge in [0, 0.05) is 72.3 Å². The van der Waals surface area contributed by atoms with Crippen LogP contribution in [0.25, 0.3) is 33.4 Å². The molecule has 2 aliphatic heterocycles. The van der Waals surface area contributed by atoms with Crippen LogP contribution in [0.1, 0.15) is 11.1 Å². The van der Waals surface area contributed by atoms with Gasteiger partial charge in [-0.05, 0) is 35.9 Å². The van der Waals surface area contributed by atoms with Crippen molar-refractivity contribution >= 4 is 16.6 Å². The van der Waals surface area contributed by atoms with E-state index in [9.17, 15) is 5.26 Å². The molecule has 0 radical (unpaired) electrons. The molecule has 182 valence electrons. The zero-order valence-corrected chi connectivity index (χ0v) is 20.2. The molecule has 4 aromatic rings. The van der Waals surface area contributed by atoms with Crippen molar-refractivity contribution in [2.45, 2.75) is 6.54 Å². The average molecular weight is 480 g/mol. The number of pyridine rings is 1. The molecule has 0 aliphatic carbocycles. The van der Waals surface area contributed by atoms with Crippen molar-refractivity contribution in [1.82, 2.24) is 14.9 Å². The lowest BCUT2D eigenvalue weighted by atomic mass is 10.00. The smallest absolute Gasteiger partial charge is 0.0995 e. The van der Waals surface area contributed by atoms with Crippen molar-refractivity contribution < 1.29 is 9.47 Å². The molecule has 0 bridgehead atoms. The molecule has 2 aromatic heterocycles. The summed E-state index contributed by atoms with van der Waals surface area (Å²) in [6, 6.07) is 21.4. The van der Waals surface area contributed by atoms with E-state index in [1.165, 1.54) is 5.69 Å². The first-order valence-corrected chi connectivity index (χ1v) is 12.5. The van der Waals surface area contributed by atoms with E-state index in [0.29, 0.717) is 5.56 Å². The quantitative estimate of drug-likeness (QED) is 0.456. The molecule has 0 spiro atoms. The Morgan fingerprint density at radius 3 is 2.50 bits per heavy atom. The maximum absolute atomic E-state index is 9.89. The van der Waals surface area contributed by atoms with Gasteiger partial charge in [-0.3, -0.25) is 9.88 Å². The minimum atomic E-state index is 0.701. The van der Waals surface area contributed by atoms with E-state index in [1.54, 1.807) is 0 Å². The maximum Gasteiger partial charge on any atom is 0.0995 e. The Hall–Kier alpha value is -3.70. The largest absolute Gasteiger partial charge is 0.379 e. The van der Waals surface area contributed by atoms with Crippen molar-refractivity contribution in [2.75, 3.05) is 57.5 Å². The monoisotopic (exact) mass is 479 g/mol. The molecule has 6 rings (SSSR count). The van der Waals surface area contributed by atoms with Crippen molar-refractivity contribution in [3.8, 4) is 28.6 Å². The van der Waals surface area contributed by atoms with E-state index in [0.717, 1.165) is 98.1 Å². The van der Waals surface area contributed by atoms with Crippen LogP contribution in [0.3, 0.4) is 0 Å². The summed E-state index contributed by atoms with van der Waals surface area (Å²) < 4.78 is 11.0. The Morgan fingerprint density at radius 2 is 1.69 bits per heavy atom. The van der Waals surface area contributed by atoms with Crippen molar-refractivity contribution in [3.63, 3.8) is 0 Å². The van der Waals surface area contributed by atoms with E-state index in [-0.39, 0.29) is 0 Å². The van der Waals surface area contributed by atoms with E-state index in [2.05, 4.69) is 63.3 Å². The number of morpholine rings is 2. The Bertz CT molecular complexity index is 1410. The van der Waals surface area contributed by atoms with E-state index in [1.807, 2.05) is 18.3 Å². The second-order valence-electron chi connectivity index (χ2n) is 9.33. The molecular weight excluding hydrogens is 450 g/mol. The summed E-state index contributed by atoms with van der Waals surface area (Å²) in [5.41, 5.74) is 8.02. The number of H-pyrrole nitrogens is 1. The summed E-state index contributed by atoms with van der Waals surface area (Å²) in [7, 11) is 0. The van der Waals surface area contributed by atoms with E-state index >= 15 is 0 Å². The van der Waals surface area contributed by atoms with Gasteiger partial charge in [-0.15, -0.1) is 0 Å². The van der Waals surface area contributed by atoms with Crippen LogP contribution in [0.5, 0.6) is 0 Å². The third-order valence-corrected chi connectivity index (χ3v) is 7.08. The fourth-order valence-corrected chi connectivity index (χ4v) is 5.10. The number of aromatic amines is 1. The lowest BCUT2D eigenvalue weighted by Crippen LogP contribution is -2.36. The summed E-state index contributed by atoms with van der Waals surface area (Å²) >= 11 is 0. The second-order valence-corrected chi connectivity index (χ2v) is 9.33. The van der Waals surface area contributed by atoms with Gasteiger partial charge in [0.05, 0.1) is 43.8 Å². The highest BCUT2D eigenvalue weighted by molar-refractivity contribution is 5.96. The van der Waals surface area contributed by atoms with Gasteiger partial charge in [0.2, 0.25) is 0 Å². The van der Waals surface area contributed by atoms with Crippen LogP contribution < -0.4 is 4.90 Å². The van der Waals surface area contributed by atoms with Crippen LogP contribution in [-0.2, 0) is 16.0 Å². The lowest BCUT2D eigenvalue weighted by molar-refractivity contribution is 0.0341. The van der Waals surface area contributed by atoms with Gasteiger partial charge in [0.15, 0.2) is 0 Å². The maximum atomic E-state index is 9.89. The van der Waals surface area contributed by atoms with Crippen LogP contribution in [0.4, 0.5) is 5.69 Å². The van der Waals surface area contributed by atoms with Crippen molar-refractivity contribution in [2.24, 2.45) is 0 Å². The highest BCUT2D eigenvalue weighted by Crippen LogP contribution is 2.33. The third kappa shape index (κ3) is 4.59. The molecule has 7 nitrogen and oxygen atoms in total. The Labute approximate surface area is 210 Å². The number of aromatic nitrogens is 2. The van der Waals surface area contributed by atoms with E-state index in [4.69, 9.17) is 14.5 Å². The van der Waals surface area contributed by atoms with Gasteiger partial charge in [-0.2, -0.15) is 5.26 Å². The first-order valence-electron chi connectivity index (χ1n) is 12.5. The Kier molecular flexibility index (Phi) is 6.39. The number of anilines is 1. The average Bonchev–Trinajstić information content (AvgIpc) is 3.39. The summed E-state index contributed by atoms with van der Waals surface area (Å²) in [4.78, 5) is 13.0. The molecule has 1 N–H and O–H groups in total. The molecule has 0 atom stereocenters. The Morgan fingerprint density at radius 1 is 0.889 bits per heavy atom. The van der Waals surface area contributed by atoms with Crippen LogP contribution in [0, 0.1) is 11.3 Å². The third-order valence-electron chi connectivity index (χ3n) is 7.08. The molecule has 0 unspecified atom stereocenters. The van der Waals surface area contributed by atoms with Gasteiger partial charge < -0.3 is 19.4 Å². The summed E-state index contributed by atoms with van der Waals surface area (Å²) in [6.45, 7) is 7.40. The predicted octanol–water partition coefficient (Wildman–Crippen LogP) is 4.44. The minimum absolute atomic E-state index is 0.701. The number of benzene rings is 2. The predicted molar refractivity (Wildman–Crippen MR) is 141 cm³/mol. The van der Waals surface area contributed by atoms with Crippen LogP contribution in [-0.4, -0.2) is 67.5 Å². The molecular formula is C29H29N5O2. The summed E-state index contributed by atoms with van der Waals surface area (Å²) in [5.74, 6) is 0. The second kappa shape index (κ2) is 10.1. The van der Waals surface area contributed by atoms with Crippen LogP contribution in [0.15, 0.2) is 60.8 Å². The molecule has 7 heteroatoms. The fourth-order valence-electron chi connectivity index (χ4n) is 5.10. The number of nitriles is 1. The van der Waals surface area contributed by atoms with Crippen LogP contribution in [0.2, 0.25) is 0 Å². The van der Waals surface area contributed by atoms with Crippen LogP contribution >= 0.6 is 0 Å². The van der Waals surface area contributed by atoms with Gasteiger partial charge in [0.25, 0.3) is 0 Å². The Balaban J connectivity index is 1.32. The molecule has 36 heavy (non-hydrogen) atoms. The van der Waals surface area contributed by atoms with Crippen molar-refractivity contribution in [1.29, 1.82) is 5.26 Å². The molecule has 2 aliphatic rings. The topological polar surface area (TPSA) is 77.4 Å². The van der Waals surface area contributed by atoms with Gasteiger partial charge in [0.1, 0.15) is 0 Å². The molecule has 2 saturated heterocycles. The van der Waals surface area contributed by atoms with Crippen molar-refractivity contribution in [3.05, 3.63) is 71.9 Å². The van der Waals surface area contributed by atoms with E-state index < -0.39 is 0 Å². The molecule has 4 heterocycles. The van der Waals surface area contributed by atoms with Gasteiger partial charge in [-0.1, -0.05) is 24.3 Å². The number of hydrogen-bond donors (Lipinski definition) is 1. The molecule has 2 fully saturated rings. The zero-order chi connectivity index (χ0) is 24.3. The number of hydrogen-bond acceptors (Lipinski definition) is 6. The minimum Gasteiger partial charge on any atom is -0.379 e. The SMILES string of the molecule is N#Cc1cc(-c2nccc3[nH]c(-c4cccc(N5CCOCC5)c4)cc23)ccc1CN1CCOCC1. The fraction of sp³-hybridized carbons (Fsp3) is 0.310. The molecule has 0 amide bonds.